The summed E-state index contributed by atoms with van der Waals surface area (Å²) in [6, 6.07) is 5.12. The third kappa shape index (κ3) is 3.33. The molecule has 1 aromatic rings. The second-order valence-electron chi connectivity index (χ2n) is 4.55. The molecule has 1 fully saturated rings. The molecule has 0 bridgehead atoms. The number of methoxy groups -OCH3 is 1. The number of benzene rings is 1. The molecule has 1 saturated heterocycles. The number of carboxylic acid groups (broad SMARTS) is 1. The lowest BCUT2D eigenvalue weighted by Crippen LogP contribution is -2.34. The third-order valence-electron chi connectivity index (χ3n) is 3.24. The number of urea groups is 1. The number of amides is 2. The molecule has 0 saturated carbocycles. The molecular weight excluding hydrogens is 375 g/mol. The van der Waals surface area contributed by atoms with Crippen molar-refractivity contribution in [2.24, 2.45) is 5.92 Å². The molecule has 7 heteroatoms. The van der Waals surface area contributed by atoms with Gasteiger partial charge in [-0.25, -0.2) is 4.79 Å². The number of carbonyl (C=O) groups excluding carboxylic acids is 1. The van der Waals surface area contributed by atoms with E-state index in [1.807, 2.05) is 12.1 Å². The van der Waals surface area contributed by atoms with Gasteiger partial charge in [-0.05, 0) is 41.1 Å². The van der Waals surface area contributed by atoms with E-state index in [2.05, 4.69) is 27.9 Å². The van der Waals surface area contributed by atoms with Crippen LogP contribution in [0.4, 0.5) is 10.5 Å². The third-order valence-corrected chi connectivity index (χ3v) is 4.18. The molecule has 0 aromatic heterocycles. The summed E-state index contributed by atoms with van der Waals surface area (Å²) >= 11 is 2.12. The number of nitrogens with zero attached hydrogens (tertiary/aromatic N) is 1. The molecule has 6 nitrogen and oxygen atoms in total. The normalized spacial score (nSPS) is 17.9. The lowest BCUT2D eigenvalue weighted by Gasteiger charge is -2.17. The fourth-order valence-corrected chi connectivity index (χ4v) is 2.54. The van der Waals surface area contributed by atoms with Crippen LogP contribution in [0.25, 0.3) is 0 Å². The summed E-state index contributed by atoms with van der Waals surface area (Å²) in [6.07, 6.45) is 0.498. The summed E-state index contributed by atoms with van der Waals surface area (Å²) < 4.78 is 6.01. The molecule has 20 heavy (non-hydrogen) atoms. The Labute approximate surface area is 130 Å². The Bertz CT molecular complexity index is 535. The van der Waals surface area contributed by atoms with Gasteiger partial charge in [0.2, 0.25) is 0 Å². The second-order valence-corrected chi connectivity index (χ2v) is 5.71. The minimum Gasteiger partial charge on any atom is -0.497 e. The highest BCUT2D eigenvalue weighted by atomic mass is 127. The van der Waals surface area contributed by atoms with Crippen molar-refractivity contribution in [3.63, 3.8) is 0 Å². The standard InChI is InChI=1S/C13H15IN2O4/c1-20-9-2-3-10(14)11(6-9)15-13(19)16-5-4-8(7-16)12(17)18/h2-3,6,8H,4-5,7H2,1H3,(H,15,19)(H,17,18). The molecule has 0 radical (unpaired) electrons. The van der Waals surface area contributed by atoms with Gasteiger partial charge in [0.25, 0.3) is 0 Å². The zero-order chi connectivity index (χ0) is 14.7. The quantitative estimate of drug-likeness (QED) is 0.777. The van der Waals surface area contributed by atoms with Crippen LogP contribution >= 0.6 is 22.6 Å². The van der Waals surface area contributed by atoms with Gasteiger partial charge in [-0.15, -0.1) is 0 Å². The lowest BCUT2D eigenvalue weighted by atomic mass is 10.1. The molecule has 2 amide bonds. The van der Waals surface area contributed by atoms with Crippen molar-refractivity contribution >= 4 is 40.3 Å². The Morgan fingerprint density at radius 1 is 1.50 bits per heavy atom. The number of hydrogen-bond acceptors (Lipinski definition) is 3. The Balaban J connectivity index is 2.03. The van der Waals surface area contributed by atoms with E-state index in [0.717, 1.165) is 3.57 Å². The Kier molecular flexibility index (Phi) is 4.69. The topological polar surface area (TPSA) is 78.9 Å². The summed E-state index contributed by atoms with van der Waals surface area (Å²) in [5.41, 5.74) is 0.661. The number of aliphatic carboxylic acids is 1. The fraction of sp³-hybridized carbons (Fsp3) is 0.385. The number of likely N-dealkylation sites (tertiary alicyclic amines) is 1. The van der Waals surface area contributed by atoms with Crippen molar-refractivity contribution in [1.29, 1.82) is 0 Å². The second kappa shape index (κ2) is 6.29. The van der Waals surface area contributed by atoms with E-state index in [0.29, 0.717) is 24.4 Å². The molecule has 0 spiro atoms. The molecule has 2 rings (SSSR count). The molecule has 1 unspecified atom stereocenters. The number of rotatable bonds is 3. The first-order chi connectivity index (χ1) is 9.51. The van der Waals surface area contributed by atoms with E-state index in [4.69, 9.17) is 9.84 Å². The predicted octanol–water partition coefficient (Wildman–Crippen LogP) is 2.24. The highest BCUT2D eigenvalue weighted by Gasteiger charge is 2.31. The zero-order valence-electron chi connectivity index (χ0n) is 10.9. The van der Waals surface area contributed by atoms with Crippen LogP contribution in [0, 0.1) is 9.49 Å². The van der Waals surface area contributed by atoms with Crippen molar-refractivity contribution in [2.75, 3.05) is 25.5 Å². The molecule has 2 N–H and O–H groups in total. The summed E-state index contributed by atoms with van der Waals surface area (Å²) in [5.74, 6) is -0.660. The summed E-state index contributed by atoms with van der Waals surface area (Å²) in [4.78, 5) is 24.5. The number of nitrogens with one attached hydrogen (secondary N) is 1. The van der Waals surface area contributed by atoms with Crippen LogP contribution in [0.2, 0.25) is 0 Å². The molecule has 1 aromatic carbocycles. The van der Waals surface area contributed by atoms with Crippen LogP contribution in [0.1, 0.15) is 6.42 Å². The van der Waals surface area contributed by atoms with Crippen LogP contribution in [-0.4, -0.2) is 42.2 Å². The first-order valence-electron chi connectivity index (χ1n) is 6.13. The molecular formula is C13H15IN2O4. The molecule has 1 aliphatic heterocycles. The highest BCUT2D eigenvalue weighted by molar-refractivity contribution is 14.1. The van der Waals surface area contributed by atoms with Gasteiger partial charge in [0.15, 0.2) is 0 Å². The maximum atomic E-state index is 12.1. The van der Waals surface area contributed by atoms with Gasteiger partial charge >= 0.3 is 12.0 Å². The SMILES string of the molecule is COc1ccc(I)c(NC(=O)N2CCC(C(=O)O)C2)c1. The van der Waals surface area contributed by atoms with E-state index < -0.39 is 11.9 Å². The Morgan fingerprint density at radius 3 is 2.85 bits per heavy atom. The number of halogens is 1. The van der Waals surface area contributed by atoms with Gasteiger partial charge in [-0.1, -0.05) is 0 Å². The maximum Gasteiger partial charge on any atom is 0.321 e. The van der Waals surface area contributed by atoms with E-state index in [1.165, 1.54) is 4.90 Å². The minimum absolute atomic E-state index is 0.252. The van der Waals surface area contributed by atoms with Crippen LogP contribution in [0.15, 0.2) is 18.2 Å². The van der Waals surface area contributed by atoms with Crippen LogP contribution < -0.4 is 10.1 Å². The van der Waals surface area contributed by atoms with Crippen LogP contribution in [-0.2, 0) is 4.79 Å². The Morgan fingerprint density at radius 2 is 2.25 bits per heavy atom. The van der Waals surface area contributed by atoms with Gasteiger partial charge in [-0.3, -0.25) is 4.79 Å². The number of carboxylic acids is 1. The predicted molar refractivity (Wildman–Crippen MR) is 82.0 cm³/mol. The molecule has 1 aliphatic rings. The zero-order valence-corrected chi connectivity index (χ0v) is 13.1. The molecule has 1 atom stereocenters. The van der Waals surface area contributed by atoms with Crippen molar-refractivity contribution in [3.05, 3.63) is 21.8 Å². The van der Waals surface area contributed by atoms with E-state index >= 15 is 0 Å². The number of ether oxygens (including phenoxy) is 1. The minimum atomic E-state index is -0.851. The van der Waals surface area contributed by atoms with Crippen molar-refractivity contribution in [2.45, 2.75) is 6.42 Å². The summed E-state index contributed by atoms with van der Waals surface area (Å²) in [6.45, 7) is 0.713. The van der Waals surface area contributed by atoms with Gasteiger partial charge < -0.3 is 20.1 Å². The van der Waals surface area contributed by atoms with Gasteiger partial charge in [0.05, 0.1) is 18.7 Å². The first kappa shape index (κ1) is 14.9. The number of anilines is 1. The smallest absolute Gasteiger partial charge is 0.321 e. The maximum absolute atomic E-state index is 12.1. The number of carbonyl (C=O) groups is 2. The van der Waals surface area contributed by atoms with E-state index in [9.17, 15) is 9.59 Å². The van der Waals surface area contributed by atoms with Gasteiger partial charge in [0.1, 0.15) is 5.75 Å². The lowest BCUT2D eigenvalue weighted by molar-refractivity contribution is -0.141. The largest absolute Gasteiger partial charge is 0.497 e. The van der Waals surface area contributed by atoms with E-state index in [1.54, 1.807) is 13.2 Å². The van der Waals surface area contributed by atoms with Crippen molar-refractivity contribution in [1.82, 2.24) is 4.90 Å². The van der Waals surface area contributed by atoms with Gasteiger partial charge in [-0.2, -0.15) is 0 Å². The van der Waals surface area contributed by atoms with Crippen molar-refractivity contribution < 1.29 is 19.4 Å². The fourth-order valence-electron chi connectivity index (χ4n) is 2.07. The van der Waals surface area contributed by atoms with Gasteiger partial charge in [0, 0.05) is 22.7 Å². The molecule has 108 valence electrons. The van der Waals surface area contributed by atoms with Crippen molar-refractivity contribution in [3.8, 4) is 5.75 Å². The summed E-state index contributed by atoms with van der Waals surface area (Å²) in [5, 5.41) is 11.7. The highest BCUT2D eigenvalue weighted by Crippen LogP contribution is 2.25. The average Bonchev–Trinajstić information content (AvgIpc) is 2.91. The number of hydrogen-bond donors (Lipinski definition) is 2. The average molecular weight is 390 g/mol. The van der Waals surface area contributed by atoms with Crippen LogP contribution in [0.5, 0.6) is 5.75 Å². The monoisotopic (exact) mass is 390 g/mol. The Hall–Kier alpha value is -1.51. The molecule has 1 heterocycles. The van der Waals surface area contributed by atoms with Crippen LogP contribution in [0.3, 0.4) is 0 Å². The molecule has 0 aliphatic carbocycles. The first-order valence-corrected chi connectivity index (χ1v) is 7.21. The van der Waals surface area contributed by atoms with E-state index in [-0.39, 0.29) is 12.6 Å². The summed E-state index contributed by atoms with van der Waals surface area (Å²) in [7, 11) is 1.56.